The molecule has 3 atom stereocenters. The maximum atomic E-state index is 13.3. The number of likely N-dealkylation sites (tertiary alicyclic amines) is 1. The zero-order valence-corrected chi connectivity index (χ0v) is 14.5. The third-order valence-electron chi connectivity index (χ3n) is 5.39. The highest BCUT2D eigenvalue weighted by Crippen LogP contribution is 2.36. The lowest BCUT2D eigenvalue weighted by molar-refractivity contribution is -0.137. The lowest BCUT2D eigenvalue weighted by Crippen LogP contribution is -2.48. The highest BCUT2D eigenvalue weighted by Gasteiger charge is 2.37. The summed E-state index contributed by atoms with van der Waals surface area (Å²) in [6.45, 7) is 5.06. The number of anilines is 1. The standard InChI is InChI=1S/C18H26F3N3O/c1-13-10-15(25)6-9-23(13)11-14-4-3-8-24(12-14)17-16(18(19,20)21)5-2-7-22-17/h2,5,7,13-15,25H,3-4,6,8-12H2,1H3. The molecule has 2 aliphatic heterocycles. The molecule has 3 rings (SSSR count). The van der Waals surface area contributed by atoms with Crippen molar-refractivity contribution >= 4 is 5.82 Å². The Morgan fingerprint density at radius 1 is 1.28 bits per heavy atom. The monoisotopic (exact) mass is 357 g/mol. The summed E-state index contributed by atoms with van der Waals surface area (Å²) in [6, 6.07) is 2.77. The number of alkyl halides is 3. The maximum absolute atomic E-state index is 13.3. The zero-order valence-electron chi connectivity index (χ0n) is 14.5. The first kappa shape index (κ1) is 18.5. The lowest BCUT2D eigenvalue weighted by atomic mass is 9.94. The molecule has 0 bridgehead atoms. The van der Waals surface area contributed by atoms with Crippen LogP contribution in [0.5, 0.6) is 0 Å². The van der Waals surface area contributed by atoms with E-state index in [1.165, 1.54) is 12.3 Å². The molecule has 2 aliphatic rings. The molecule has 2 fully saturated rings. The van der Waals surface area contributed by atoms with Gasteiger partial charge in [0.15, 0.2) is 0 Å². The van der Waals surface area contributed by atoms with E-state index in [9.17, 15) is 18.3 Å². The van der Waals surface area contributed by atoms with E-state index in [2.05, 4.69) is 16.8 Å². The number of aliphatic hydroxyl groups is 1. The third kappa shape index (κ3) is 4.44. The summed E-state index contributed by atoms with van der Waals surface area (Å²) in [7, 11) is 0. The van der Waals surface area contributed by atoms with Crippen molar-refractivity contribution in [2.75, 3.05) is 31.1 Å². The molecule has 1 aromatic heterocycles. The Hall–Kier alpha value is -1.34. The van der Waals surface area contributed by atoms with Crippen LogP contribution in [0.4, 0.5) is 19.0 Å². The molecule has 4 nitrogen and oxygen atoms in total. The van der Waals surface area contributed by atoms with Crippen molar-refractivity contribution in [3.63, 3.8) is 0 Å². The summed E-state index contributed by atoms with van der Waals surface area (Å²) < 4.78 is 39.8. The first-order valence-electron chi connectivity index (χ1n) is 9.04. The lowest BCUT2D eigenvalue weighted by Gasteiger charge is -2.41. The number of hydrogen-bond donors (Lipinski definition) is 1. The van der Waals surface area contributed by atoms with Crippen molar-refractivity contribution in [3.05, 3.63) is 23.9 Å². The van der Waals surface area contributed by atoms with Gasteiger partial charge in [-0.15, -0.1) is 0 Å². The highest BCUT2D eigenvalue weighted by atomic mass is 19.4. The van der Waals surface area contributed by atoms with E-state index < -0.39 is 11.7 Å². The zero-order chi connectivity index (χ0) is 18.0. The van der Waals surface area contributed by atoms with E-state index in [0.717, 1.165) is 44.8 Å². The number of halogens is 3. The van der Waals surface area contributed by atoms with Crippen molar-refractivity contribution in [2.45, 2.75) is 50.9 Å². The van der Waals surface area contributed by atoms with Crippen molar-refractivity contribution in [1.29, 1.82) is 0 Å². The molecule has 3 heterocycles. The van der Waals surface area contributed by atoms with Crippen LogP contribution in [-0.4, -0.2) is 53.3 Å². The van der Waals surface area contributed by atoms with E-state index in [1.807, 2.05) is 0 Å². The van der Waals surface area contributed by atoms with Crippen LogP contribution in [0.25, 0.3) is 0 Å². The SMILES string of the molecule is CC1CC(O)CCN1CC1CCCN(c2ncccc2C(F)(F)F)C1. The van der Waals surface area contributed by atoms with E-state index in [0.29, 0.717) is 25.0 Å². The molecule has 1 N–H and O–H groups in total. The average Bonchev–Trinajstić information content (AvgIpc) is 2.57. The smallest absolute Gasteiger partial charge is 0.393 e. The Morgan fingerprint density at radius 3 is 2.80 bits per heavy atom. The van der Waals surface area contributed by atoms with Gasteiger partial charge in [-0.1, -0.05) is 0 Å². The summed E-state index contributed by atoms with van der Waals surface area (Å²) in [6.07, 6.45) is 0.279. The minimum Gasteiger partial charge on any atom is -0.393 e. The number of rotatable bonds is 3. The fourth-order valence-electron chi connectivity index (χ4n) is 4.08. The summed E-state index contributed by atoms with van der Waals surface area (Å²) in [5.41, 5.74) is -0.648. The summed E-state index contributed by atoms with van der Waals surface area (Å²) in [4.78, 5) is 8.19. The topological polar surface area (TPSA) is 39.6 Å². The molecule has 3 unspecified atom stereocenters. The van der Waals surface area contributed by atoms with Gasteiger partial charge < -0.3 is 14.9 Å². The molecule has 0 aliphatic carbocycles. The molecule has 0 amide bonds. The number of aliphatic hydroxyl groups excluding tert-OH is 1. The van der Waals surface area contributed by atoms with Gasteiger partial charge in [0.2, 0.25) is 0 Å². The molecule has 1 aromatic rings. The van der Waals surface area contributed by atoms with Crippen LogP contribution in [0.1, 0.15) is 38.2 Å². The second-order valence-electron chi connectivity index (χ2n) is 7.35. The Morgan fingerprint density at radius 2 is 2.08 bits per heavy atom. The first-order valence-corrected chi connectivity index (χ1v) is 9.04. The largest absolute Gasteiger partial charge is 0.419 e. The molecule has 2 saturated heterocycles. The van der Waals surface area contributed by atoms with Crippen molar-refractivity contribution in [1.82, 2.24) is 9.88 Å². The van der Waals surface area contributed by atoms with Gasteiger partial charge in [0, 0.05) is 38.4 Å². The Labute approximate surface area is 146 Å². The van der Waals surface area contributed by atoms with Crippen LogP contribution in [0, 0.1) is 5.92 Å². The van der Waals surface area contributed by atoms with Gasteiger partial charge in [-0.05, 0) is 50.7 Å². The molecule has 7 heteroatoms. The number of nitrogens with zero attached hydrogens (tertiary/aromatic N) is 3. The molecule has 0 aromatic carbocycles. The average molecular weight is 357 g/mol. The van der Waals surface area contributed by atoms with Crippen LogP contribution in [-0.2, 0) is 6.18 Å². The van der Waals surface area contributed by atoms with Crippen molar-refractivity contribution in [3.8, 4) is 0 Å². The van der Waals surface area contributed by atoms with Gasteiger partial charge in [0.05, 0.1) is 11.7 Å². The number of piperidine rings is 2. The second-order valence-corrected chi connectivity index (χ2v) is 7.35. The van der Waals surface area contributed by atoms with E-state index >= 15 is 0 Å². The highest BCUT2D eigenvalue weighted by molar-refractivity contribution is 5.48. The molecule has 25 heavy (non-hydrogen) atoms. The second kappa shape index (κ2) is 7.50. The Bertz CT molecular complexity index is 581. The van der Waals surface area contributed by atoms with Gasteiger partial charge >= 0.3 is 6.18 Å². The Balaban J connectivity index is 1.68. The molecule has 140 valence electrons. The predicted molar refractivity (Wildman–Crippen MR) is 90.5 cm³/mol. The minimum absolute atomic E-state index is 0.0572. The van der Waals surface area contributed by atoms with Gasteiger partial charge in [0.1, 0.15) is 5.82 Å². The van der Waals surface area contributed by atoms with Gasteiger partial charge in [0.25, 0.3) is 0 Å². The summed E-state index contributed by atoms with van der Waals surface area (Å²) in [5.74, 6) is 0.386. The van der Waals surface area contributed by atoms with E-state index in [-0.39, 0.29) is 11.9 Å². The normalized spacial score (nSPS) is 29.0. The van der Waals surface area contributed by atoms with Crippen LogP contribution in [0.3, 0.4) is 0 Å². The third-order valence-corrected chi connectivity index (χ3v) is 5.39. The van der Waals surface area contributed by atoms with Crippen LogP contribution in [0.2, 0.25) is 0 Å². The summed E-state index contributed by atoms with van der Waals surface area (Å²) in [5, 5.41) is 9.75. The van der Waals surface area contributed by atoms with Crippen LogP contribution in [0.15, 0.2) is 18.3 Å². The van der Waals surface area contributed by atoms with Crippen LogP contribution < -0.4 is 4.90 Å². The summed E-state index contributed by atoms with van der Waals surface area (Å²) >= 11 is 0. The van der Waals surface area contributed by atoms with Crippen molar-refractivity contribution < 1.29 is 18.3 Å². The minimum atomic E-state index is -4.38. The van der Waals surface area contributed by atoms with Gasteiger partial charge in [-0.25, -0.2) is 4.98 Å². The fraction of sp³-hybridized carbons (Fsp3) is 0.722. The molecular formula is C18H26F3N3O. The quantitative estimate of drug-likeness (QED) is 0.902. The van der Waals surface area contributed by atoms with E-state index in [4.69, 9.17) is 0 Å². The first-order chi connectivity index (χ1) is 11.8. The predicted octanol–water partition coefficient (Wildman–Crippen LogP) is 3.16. The molecule has 0 saturated carbocycles. The number of pyridine rings is 1. The molecular weight excluding hydrogens is 331 g/mol. The van der Waals surface area contributed by atoms with E-state index in [1.54, 1.807) is 4.90 Å². The fourth-order valence-corrected chi connectivity index (χ4v) is 4.08. The number of aromatic nitrogens is 1. The van der Waals surface area contributed by atoms with Crippen LogP contribution >= 0.6 is 0 Å². The molecule has 0 radical (unpaired) electrons. The maximum Gasteiger partial charge on any atom is 0.419 e. The van der Waals surface area contributed by atoms with Gasteiger partial charge in [-0.2, -0.15) is 13.2 Å². The van der Waals surface area contributed by atoms with Crippen molar-refractivity contribution in [2.24, 2.45) is 5.92 Å². The van der Waals surface area contributed by atoms with Gasteiger partial charge in [-0.3, -0.25) is 0 Å². The molecule has 0 spiro atoms. The number of hydrogen-bond acceptors (Lipinski definition) is 4. The Kier molecular flexibility index (Phi) is 5.53.